The van der Waals surface area contributed by atoms with Crippen molar-refractivity contribution in [3.63, 3.8) is 0 Å². The van der Waals surface area contributed by atoms with Crippen LogP contribution in [-0.2, 0) is 0 Å². The maximum atomic E-state index is 12.5. The third kappa shape index (κ3) is 4.51. The van der Waals surface area contributed by atoms with E-state index in [4.69, 9.17) is 11.6 Å². The first-order valence-electron chi connectivity index (χ1n) is 7.15. The molecule has 1 saturated heterocycles. The number of alkyl halides is 2. The second-order valence-corrected chi connectivity index (χ2v) is 5.65. The number of carbonyl (C=O) groups is 1. The Balaban J connectivity index is 1.83. The largest absolute Gasteiger partial charge is 0.336 e. The Labute approximate surface area is 133 Å². The second-order valence-electron chi connectivity index (χ2n) is 5.28. The molecule has 1 unspecified atom stereocenters. The number of aryl methyl sites for hydroxylation is 1. The van der Waals surface area contributed by atoms with Crippen molar-refractivity contribution in [1.82, 2.24) is 15.2 Å². The summed E-state index contributed by atoms with van der Waals surface area (Å²) >= 11 is 6.05. The number of halogens is 3. The summed E-state index contributed by atoms with van der Waals surface area (Å²) in [5, 5.41) is 5.74. The smallest absolute Gasteiger partial charge is 0.319 e. The number of rotatable bonds is 5. The number of amides is 2. The van der Waals surface area contributed by atoms with Crippen LogP contribution in [0.25, 0.3) is 0 Å². The lowest BCUT2D eigenvalue weighted by atomic mass is 10.2. The molecule has 8 heteroatoms. The van der Waals surface area contributed by atoms with E-state index in [0.29, 0.717) is 29.5 Å². The van der Waals surface area contributed by atoms with E-state index < -0.39 is 12.5 Å². The number of likely N-dealkylation sites (tertiary alicyclic amines) is 1. The topological polar surface area (TPSA) is 57.3 Å². The zero-order valence-corrected chi connectivity index (χ0v) is 13.0. The van der Waals surface area contributed by atoms with Gasteiger partial charge in [-0.1, -0.05) is 11.6 Å². The predicted octanol–water partition coefficient (Wildman–Crippen LogP) is 2.89. The predicted molar refractivity (Wildman–Crippen MR) is 81.6 cm³/mol. The number of carbonyl (C=O) groups excluding carboxylic acids is 1. The molecule has 0 aromatic carbocycles. The zero-order chi connectivity index (χ0) is 16.1. The van der Waals surface area contributed by atoms with Gasteiger partial charge >= 0.3 is 6.03 Å². The van der Waals surface area contributed by atoms with E-state index >= 15 is 0 Å². The van der Waals surface area contributed by atoms with Gasteiger partial charge in [0.2, 0.25) is 0 Å². The number of nitrogens with one attached hydrogen (secondary N) is 2. The normalized spacial score (nSPS) is 18.7. The maximum absolute atomic E-state index is 12.5. The summed E-state index contributed by atoms with van der Waals surface area (Å²) in [5.41, 5.74) is 1.10. The molecule has 2 rings (SSSR count). The van der Waals surface area contributed by atoms with Crippen LogP contribution in [0.15, 0.2) is 12.3 Å². The molecule has 2 amide bonds. The Kier molecular flexibility index (Phi) is 5.90. The second kappa shape index (κ2) is 7.69. The molecule has 0 bridgehead atoms. The van der Waals surface area contributed by atoms with E-state index in [-0.39, 0.29) is 12.6 Å². The fraction of sp³-hybridized carbons (Fsp3) is 0.571. The van der Waals surface area contributed by atoms with Crippen LogP contribution in [-0.4, -0.2) is 48.0 Å². The third-order valence-electron chi connectivity index (χ3n) is 3.68. The minimum Gasteiger partial charge on any atom is -0.336 e. The molecule has 1 aliphatic rings. The number of anilines is 1. The molecule has 1 aromatic heterocycles. The summed E-state index contributed by atoms with van der Waals surface area (Å²) < 4.78 is 24.9. The van der Waals surface area contributed by atoms with Crippen LogP contribution in [0.1, 0.15) is 18.5 Å². The van der Waals surface area contributed by atoms with Crippen LogP contribution in [0.2, 0.25) is 5.02 Å². The lowest BCUT2D eigenvalue weighted by Crippen LogP contribution is -2.43. The van der Waals surface area contributed by atoms with Crippen LogP contribution in [0.4, 0.5) is 19.3 Å². The SMILES string of the molecule is Cc1nccc(NC(=O)NCC2CCCN2CC(F)F)c1Cl. The lowest BCUT2D eigenvalue weighted by Gasteiger charge is -2.24. The van der Waals surface area contributed by atoms with E-state index in [1.807, 2.05) is 0 Å². The van der Waals surface area contributed by atoms with Crippen molar-refractivity contribution in [3.8, 4) is 0 Å². The van der Waals surface area contributed by atoms with E-state index in [1.165, 1.54) is 0 Å². The standard InChI is InChI=1S/C14H19ClF2N4O/c1-9-13(15)11(4-5-18-9)20-14(22)19-7-10-3-2-6-21(10)8-12(16)17/h4-5,10,12H,2-3,6-8H2,1H3,(H2,18,19,20,22). The number of pyridine rings is 1. The van der Waals surface area contributed by atoms with Crippen molar-refractivity contribution >= 4 is 23.3 Å². The number of nitrogens with zero attached hydrogens (tertiary/aromatic N) is 2. The van der Waals surface area contributed by atoms with Gasteiger partial charge in [-0.3, -0.25) is 9.88 Å². The van der Waals surface area contributed by atoms with Crippen molar-refractivity contribution in [2.75, 3.05) is 25.0 Å². The van der Waals surface area contributed by atoms with Crippen LogP contribution >= 0.6 is 11.6 Å². The molecule has 0 aliphatic carbocycles. The highest BCUT2D eigenvalue weighted by Crippen LogP contribution is 2.23. The first-order valence-corrected chi connectivity index (χ1v) is 7.53. The molecule has 5 nitrogen and oxygen atoms in total. The van der Waals surface area contributed by atoms with Crippen molar-refractivity contribution in [2.45, 2.75) is 32.2 Å². The van der Waals surface area contributed by atoms with Gasteiger partial charge < -0.3 is 10.6 Å². The van der Waals surface area contributed by atoms with Crippen LogP contribution < -0.4 is 10.6 Å². The third-order valence-corrected chi connectivity index (χ3v) is 4.16. The van der Waals surface area contributed by atoms with Crippen molar-refractivity contribution in [3.05, 3.63) is 23.0 Å². The Morgan fingerprint density at radius 1 is 1.59 bits per heavy atom. The fourth-order valence-electron chi connectivity index (χ4n) is 2.57. The summed E-state index contributed by atoms with van der Waals surface area (Å²) in [6.45, 7) is 2.48. The van der Waals surface area contributed by atoms with Gasteiger partial charge in [0.15, 0.2) is 0 Å². The molecule has 2 N–H and O–H groups in total. The van der Waals surface area contributed by atoms with Gasteiger partial charge in [-0.05, 0) is 32.4 Å². The minimum atomic E-state index is -2.35. The molecule has 122 valence electrons. The van der Waals surface area contributed by atoms with Gasteiger partial charge in [0.1, 0.15) is 0 Å². The monoisotopic (exact) mass is 332 g/mol. The summed E-state index contributed by atoms with van der Waals surface area (Å²) in [7, 11) is 0. The maximum Gasteiger partial charge on any atom is 0.319 e. The fourth-order valence-corrected chi connectivity index (χ4v) is 2.72. The van der Waals surface area contributed by atoms with Crippen molar-refractivity contribution in [2.24, 2.45) is 0 Å². The highest BCUT2D eigenvalue weighted by atomic mass is 35.5. The number of aromatic nitrogens is 1. The van der Waals surface area contributed by atoms with Gasteiger partial charge in [-0.2, -0.15) is 0 Å². The molecule has 1 aliphatic heterocycles. The zero-order valence-electron chi connectivity index (χ0n) is 12.3. The summed E-state index contributed by atoms with van der Waals surface area (Å²) in [4.78, 5) is 17.6. The van der Waals surface area contributed by atoms with Gasteiger partial charge in [0.25, 0.3) is 6.43 Å². The Bertz CT molecular complexity index is 530. The van der Waals surface area contributed by atoms with Crippen LogP contribution in [0.5, 0.6) is 0 Å². The lowest BCUT2D eigenvalue weighted by molar-refractivity contribution is 0.0826. The molecule has 2 heterocycles. The number of hydrogen-bond acceptors (Lipinski definition) is 3. The van der Waals surface area contributed by atoms with E-state index in [1.54, 1.807) is 24.1 Å². The molecular formula is C14H19ClF2N4O. The van der Waals surface area contributed by atoms with Crippen molar-refractivity contribution < 1.29 is 13.6 Å². The summed E-state index contributed by atoms with van der Waals surface area (Å²) in [6, 6.07) is 1.15. The van der Waals surface area contributed by atoms with E-state index in [2.05, 4.69) is 15.6 Å². The van der Waals surface area contributed by atoms with Gasteiger partial charge in [0, 0.05) is 18.8 Å². The summed E-state index contributed by atoms with van der Waals surface area (Å²) in [5.74, 6) is 0. The Morgan fingerprint density at radius 3 is 3.09 bits per heavy atom. The number of hydrogen-bond donors (Lipinski definition) is 2. The average Bonchev–Trinajstić information content (AvgIpc) is 2.88. The quantitative estimate of drug-likeness (QED) is 0.871. The molecule has 0 radical (unpaired) electrons. The van der Waals surface area contributed by atoms with Gasteiger partial charge in [-0.25, -0.2) is 13.6 Å². The molecule has 1 atom stereocenters. The highest BCUT2D eigenvalue weighted by Gasteiger charge is 2.26. The highest BCUT2D eigenvalue weighted by molar-refractivity contribution is 6.34. The van der Waals surface area contributed by atoms with Crippen molar-refractivity contribution in [1.29, 1.82) is 0 Å². The molecule has 22 heavy (non-hydrogen) atoms. The molecule has 1 aromatic rings. The molecule has 0 saturated carbocycles. The van der Waals surface area contributed by atoms with Gasteiger partial charge in [0.05, 0.1) is 22.9 Å². The summed E-state index contributed by atoms with van der Waals surface area (Å²) in [6.07, 6.45) is 0.879. The van der Waals surface area contributed by atoms with E-state index in [0.717, 1.165) is 12.8 Å². The van der Waals surface area contributed by atoms with E-state index in [9.17, 15) is 13.6 Å². The Hall–Kier alpha value is -1.47. The first kappa shape index (κ1) is 16.9. The number of urea groups is 1. The van der Waals surface area contributed by atoms with Gasteiger partial charge in [-0.15, -0.1) is 0 Å². The Morgan fingerprint density at radius 2 is 2.36 bits per heavy atom. The molecule has 1 fully saturated rings. The van der Waals surface area contributed by atoms with Crippen LogP contribution in [0.3, 0.4) is 0 Å². The first-order chi connectivity index (χ1) is 10.5. The molecular weight excluding hydrogens is 314 g/mol. The molecule has 0 spiro atoms. The minimum absolute atomic E-state index is 0.0469. The average molecular weight is 333 g/mol. The van der Waals surface area contributed by atoms with Crippen LogP contribution in [0, 0.1) is 6.92 Å².